The molecule has 7 nitrogen and oxygen atoms in total. The predicted octanol–water partition coefficient (Wildman–Crippen LogP) is 2.65. The molecule has 0 unspecified atom stereocenters. The Balaban J connectivity index is 2.02. The second kappa shape index (κ2) is 5.81. The van der Waals surface area contributed by atoms with Gasteiger partial charge in [-0.05, 0) is 24.3 Å². The molecule has 0 bridgehead atoms. The minimum Gasteiger partial charge on any atom is -0.497 e. The van der Waals surface area contributed by atoms with Crippen molar-refractivity contribution in [1.29, 1.82) is 0 Å². The number of aromatic nitrogens is 1. The second-order valence-electron chi connectivity index (χ2n) is 4.65. The fourth-order valence-electron chi connectivity index (χ4n) is 2.14. The van der Waals surface area contributed by atoms with Crippen molar-refractivity contribution in [3.05, 3.63) is 42.5 Å². The number of rotatable bonds is 5. The van der Waals surface area contributed by atoms with Crippen molar-refractivity contribution in [3.63, 3.8) is 0 Å². The summed E-state index contributed by atoms with van der Waals surface area (Å²) < 4.78 is 42.9. The lowest BCUT2D eigenvalue weighted by molar-refractivity contribution is 0.386. The van der Waals surface area contributed by atoms with E-state index in [2.05, 4.69) is 9.88 Å². The Kier molecular flexibility index (Phi) is 3.83. The Morgan fingerprint density at radius 1 is 1.09 bits per heavy atom. The van der Waals surface area contributed by atoms with Crippen LogP contribution in [0.25, 0.3) is 11.0 Å². The van der Waals surface area contributed by atoms with E-state index in [0.29, 0.717) is 16.7 Å². The molecule has 2 aromatic carbocycles. The summed E-state index contributed by atoms with van der Waals surface area (Å²) in [6.45, 7) is 0. The quantitative estimate of drug-likeness (QED) is 0.771. The summed E-state index contributed by atoms with van der Waals surface area (Å²) >= 11 is 0. The highest BCUT2D eigenvalue weighted by molar-refractivity contribution is 7.92. The molecular weight excluding hydrogens is 320 g/mol. The summed E-state index contributed by atoms with van der Waals surface area (Å²) in [7, 11) is -1.02. The molecule has 0 amide bonds. The lowest BCUT2D eigenvalue weighted by atomic mass is 10.2. The van der Waals surface area contributed by atoms with E-state index in [1.165, 1.54) is 32.4 Å². The number of nitrogens with one attached hydrogen (secondary N) is 1. The number of nitrogens with zero attached hydrogens (tertiary/aromatic N) is 1. The number of benzene rings is 2. The Bertz CT molecular complexity index is 949. The van der Waals surface area contributed by atoms with Crippen molar-refractivity contribution in [1.82, 2.24) is 5.16 Å². The monoisotopic (exact) mass is 334 g/mol. The Morgan fingerprint density at radius 3 is 2.61 bits per heavy atom. The molecule has 23 heavy (non-hydrogen) atoms. The third-order valence-electron chi connectivity index (χ3n) is 3.27. The van der Waals surface area contributed by atoms with Gasteiger partial charge >= 0.3 is 0 Å². The van der Waals surface area contributed by atoms with Crippen molar-refractivity contribution in [2.75, 3.05) is 18.9 Å². The molecule has 120 valence electrons. The Labute approximate surface area is 132 Å². The topological polar surface area (TPSA) is 90.7 Å². The van der Waals surface area contributed by atoms with Crippen LogP contribution in [-0.2, 0) is 10.0 Å². The predicted molar refractivity (Wildman–Crippen MR) is 84.4 cm³/mol. The van der Waals surface area contributed by atoms with Crippen molar-refractivity contribution < 1.29 is 22.4 Å². The molecule has 0 aliphatic carbocycles. The standard InChI is InChI=1S/C15H14N2O5S/c1-20-10-7-8-14(13(9-10)21-2)23(18,19)17-15-11-5-3-4-6-12(11)22-16-15/h3-9H,1-2H3,(H,16,17). The maximum Gasteiger partial charge on any atom is 0.266 e. The number of ether oxygens (including phenoxy) is 2. The van der Waals surface area contributed by atoms with Gasteiger partial charge in [-0.1, -0.05) is 17.3 Å². The number of hydrogen-bond acceptors (Lipinski definition) is 6. The van der Waals surface area contributed by atoms with E-state index in [1.54, 1.807) is 24.3 Å². The van der Waals surface area contributed by atoms with E-state index in [4.69, 9.17) is 14.0 Å². The first-order valence-corrected chi connectivity index (χ1v) is 8.13. The molecule has 8 heteroatoms. The molecule has 0 aliphatic rings. The first-order valence-electron chi connectivity index (χ1n) is 6.64. The fourth-order valence-corrected chi connectivity index (χ4v) is 3.30. The molecule has 0 radical (unpaired) electrons. The van der Waals surface area contributed by atoms with Gasteiger partial charge in [-0.3, -0.25) is 4.72 Å². The lowest BCUT2D eigenvalue weighted by Crippen LogP contribution is -2.14. The molecule has 0 atom stereocenters. The van der Waals surface area contributed by atoms with E-state index in [-0.39, 0.29) is 16.5 Å². The van der Waals surface area contributed by atoms with Gasteiger partial charge < -0.3 is 14.0 Å². The van der Waals surface area contributed by atoms with E-state index >= 15 is 0 Å². The van der Waals surface area contributed by atoms with Crippen LogP contribution in [0.15, 0.2) is 51.9 Å². The summed E-state index contributed by atoms with van der Waals surface area (Å²) in [5.41, 5.74) is 0.492. The number of fused-ring (bicyclic) bond motifs is 1. The molecule has 0 saturated heterocycles. The smallest absolute Gasteiger partial charge is 0.266 e. The highest BCUT2D eigenvalue weighted by Crippen LogP contribution is 2.31. The number of sulfonamides is 1. The third kappa shape index (κ3) is 2.80. The molecule has 0 spiro atoms. The van der Waals surface area contributed by atoms with Crippen LogP contribution in [0, 0.1) is 0 Å². The maximum absolute atomic E-state index is 12.6. The molecule has 0 fully saturated rings. The SMILES string of the molecule is COc1ccc(S(=O)(=O)Nc2noc3ccccc23)c(OC)c1. The second-order valence-corrected chi connectivity index (χ2v) is 6.30. The van der Waals surface area contributed by atoms with Crippen molar-refractivity contribution in [2.45, 2.75) is 4.90 Å². The van der Waals surface area contributed by atoms with Crippen LogP contribution in [0.4, 0.5) is 5.82 Å². The van der Waals surface area contributed by atoms with Crippen molar-refractivity contribution in [3.8, 4) is 11.5 Å². The van der Waals surface area contributed by atoms with Gasteiger partial charge in [0.25, 0.3) is 10.0 Å². The molecule has 0 aliphatic heterocycles. The largest absolute Gasteiger partial charge is 0.497 e. The Morgan fingerprint density at radius 2 is 1.87 bits per heavy atom. The summed E-state index contributed by atoms with van der Waals surface area (Å²) in [5.74, 6) is 0.788. The average molecular weight is 334 g/mol. The number of methoxy groups -OCH3 is 2. The molecule has 3 rings (SSSR count). The van der Waals surface area contributed by atoms with Gasteiger partial charge in [0.2, 0.25) is 0 Å². The van der Waals surface area contributed by atoms with Gasteiger partial charge in [0.05, 0.1) is 19.6 Å². The van der Waals surface area contributed by atoms with Crippen LogP contribution in [0.2, 0.25) is 0 Å². The van der Waals surface area contributed by atoms with Crippen LogP contribution in [0.3, 0.4) is 0 Å². The molecule has 1 heterocycles. The molecule has 0 saturated carbocycles. The van der Waals surface area contributed by atoms with Gasteiger partial charge in [-0.25, -0.2) is 8.42 Å². The maximum atomic E-state index is 12.6. The lowest BCUT2D eigenvalue weighted by Gasteiger charge is -2.11. The summed E-state index contributed by atoms with van der Waals surface area (Å²) in [6.07, 6.45) is 0. The summed E-state index contributed by atoms with van der Waals surface area (Å²) in [6, 6.07) is 11.4. The van der Waals surface area contributed by atoms with Gasteiger partial charge in [0.15, 0.2) is 11.4 Å². The molecule has 3 aromatic rings. The normalized spacial score (nSPS) is 11.4. The number of para-hydroxylation sites is 1. The van der Waals surface area contributed by atoms with Crippen molar-refractivity contribution in [2.24, 2.45) is 0 Å². The fraction of sp³-hybridized carbons (Fsp3) is 0.133. The van der Waals surface area contributed by atoms with E-state index in [9.17, 15) is 8.42 Å². The van der Waals surface area contributed by atoms with Crippen LogP contribution in [-0.4, -0.2) is 27.8 Å². The highest BCUT2D eigenvalue weighted by Gasteiger charge is 2.22. The van der Waals surface area contributed by atoms with Gasteiger partial charge in [-0.2, -0.15) is 0 Å². The zero-order valence-corrected chi connectivity index (χ0v) is 13.3. The number of hydrogen-bond donors (Lipinski definition) is 1. The third-order valence-corrected chi connectivity index (χ3v) is 4.65. The van der Waals surface area contributed by atoms with E-state index in [1.807, 2.05) is 0 Å². The minimum absolute atomic E-state index is 0.0205. The summed E-state index contributed by atoms with van der Waals surface area (Å²) in [4.78, 5) is -0.0205. The Hall–Kier alpha value is -2.74. The van der Waals surface area contributed by atoms with E-state index in [0.717, 1.165) is 0 Å². The number of anilines is 1. The molecule has 1 aromatic heterocycles. The van der Waals surface area contributed by atoms with Crippen LogP contribution in [0.1, 0.15) is 0 Å². The molecular formula is C15H14N2O5S. The van der Waals surface area contributed by atoms with Gasteiger partial charge in [0.1, 0.15) is 16.4 Å². The van der Waals surface area contributed by atoms with Crippen molar-refractivity contribution >= 4 is 26.8 Å². The highest BCUT2D eigenvalue weighted by atomic mass is 32.2. The average Bonchev–Trinajstić information content (AvgIpc) is 2.96. The summed E-state index contributed by atoms with van der Waals surface area (Å²) in [5, 5.41) is 4.34. The van der Waals surface area contributed by atoms with Crippen LogP contribution in [0.5, 0.6) is 11.5 Å². The van der Waals surface area contributed by atoms with Crippen LogP contribution >= 0.6 is 0 Å². The molecule has 1 N–H and O–H groups in total. The zero-order chi connectivity index (χ0) is 16.4. The first-order chi connectivity index (χ1) is 11.0. The van der Waals surface area contributed by atoms with E-state index < -0.39 is 10.0 Å². The minimum atomic E-state index is -3.90. The van der Waals surface area contributed by atoms with Crippen LogP contribution < -0.4 is 14.2 Å². The first kappa shape index (κ1) is 15.2. The zero-order valence-electron chi connectivity index (χ0n) is 12.4. The van der Waals surface area contributed by atoms with Gasteiger partial charge in [0, 0.05) is 6.07 Å². The van der Waals surface area contributed by atoms with Gasteiger partial charge in [-0.15, -0.1) is 0 Å².